The second-order valence-electron chi connectivity index (χ2n) is 5.27. The number of halogens is 2. The molecular weight excluding hydrogens is 333 g/mol. The van der Waals surface area contributed by atoms with Crippen LogP contribution in [0.4, 0.5) is 4.39 Å². The average molecular weight is 350 g/mol. The van der Waals surface area contributed by atoms with Crippen LogP contribution in [0.3, 0.4) is 0 Å². The highest BCUT2D eigenvalue weighted by Crippen LogP contribution is 2.27. The van der Waals surface area contributed by atoms with Crippen molar-refractivity contribution < 1.29 is 9.13 Å². The highest BCUT2D eigenvalue weighted by Gasteiger charge is 2.23. The van der Waals surface area contributed by atoms with E-state index in [1.807, 2.05) is 30.3 Å². The minimum absolute atomic E-state index is 0.192. The van der Waals surface area contributed by atoms with Crippen molar-refractivity contribution in [2.24, 2.45) is 0 Å². The number of nitrogens with one attached hydrogen (secondary N) is 1. The van der Waals surface area contributed by atoms with Gasteiger partial charge in [-0.15, -0.1) is 0 Å². The zero-order valence-electron chi connectivity index (χ0n) is 11.6. The molecule has 2 nitrogen and oxygen atoms in total. The second-order valence-corrected chi connectivity index (χ2v) is 6.19. The van der Waals surface area contributed by atoms with Gasteiger partial charge in [0, 0.05) is 17.1 Å². The van der Waals surface area contributed by atoms with Gasteiger partial charge < -0.3 is 10.1 Å². The molecule has 2 aromatic rings. The molecular formula is C17H17BrFNO. The van der Waals surface area contributed by atoms with Crippen LogP contribution >= 0.6 is 15.9 Å². The molecule has 1 unspecified atom stereocenters. The summed E-state index contributed by atoms with van der Waals surface area (Å²) in [5.41, 5.74) is 1.05. The molecule has 0 bridgehead atoms. The lowest BCUT2D eigenvalue weighted by Gasteiger charge is -2.20. The Morgan fingerprint density at radius 3 is 2.62 bits per heavy atom. The van der Waals surface area contributed by atoms with Crippen LogP contribution in [-0.4, -0.2) is 12.6 Å². The third-order valence-corrected chi connectivity index (χ3v) is 4.00. The number of ether oxygens (including phenoxy) is 1. The van der Waals surface area contributed by atoms with Crippen LogP contribution in [0.25, 0.3) is 0 Å². The Kier molecular flexibility index (Phi) is 4.56. The van der Waals surface area contributed by atoms with Crippen LogP contribution in [0.1, 0.15) is 24.5 Å². The van der Waals surface area contributed by atoms with Gasteiger partial charge in [-0.2, -0.15) is 0 Å². The van der Waals surface area contributed by atoms with Gasteiger partial charge in [-0.3, -0.25) is 0 Å². The van der Waals surface area contributed by atoms with E-state index in [1.165, 1.54) is 18.9 Å². The molecule has 21 heavy (non-hydrogen) atoms. The Balaban J connectivity index is 1.77. The van der Waals surface area contributed by atoms with E-state index >= 15 is 0 Å². The fraction of sp³-hybridized carbons (Fsp3) is 0.294. The monoisotopic (exact) mass is 349 g/mol. The molecule has 0 aliphatic heterocycles. The fourth-order valence-corrected chi connectivity index (χ4v) is 2.51. The number of hydrogen-bond donors (Lipinski definition) is 1. The van der Waals surface area contributed by atoms with Gasteiger partial charge in [-0.1, -0.05) is 46.3 Å². The van der Waals surface area contributed by atoms with Gasteiger partial charge in [0.25, 0.3) is 0 Å². The lowest BCUT2D eigenvalue weighted by molar-refractivity contribution is 0.192. The summed E-state index contributed by atoms with van der Waals surface area (Å²) in [6.45, 7) is 0.685. The lowest BCUT2D eigenvalue weighted by Crippen LogP contribution is -2.27. The van der Waals surface area contributed by atoms with Crippen molar-refractivity contribution in [1.29, 1.82) is 0 Å². The standard InChI is InChI=1S/C17H17BrFNO/c18-13-6-9-16(15(19)10-13)21-17(11-20-14-7-8-14)12-4-2-1-3-5-12/h1-6,9-10,14,17,20H,7-8,11H2. The second kappa shape index (κ2) is 6.58. The predicted molar refractivity (Wildman–Crippen MR) is 84.9 cm³/mol. The third kappa shape index (κ3) is 4.05. The zero-order valence-corrected chi connectivity index (χ0v) is 13.1. The van der Waals surface area contributed by atoms with Crippen molar-refractivity contribution in [3.05, 3.63) is 64.4 Å². The summed E-state index contributed by atoms with van der Waals surface area (Å²) in [5.74, 6) is -0.0682. The van der Waals surface area contributed by atoms with E-state index in [-0.39, 0.29) is 17.7 Å². The summed E-state index contributed by atoms with van der Waals surface area (Å²) < 4.78 is 20.6. The van der Waals surface area contributed by atoms with Gasteiger partial charge in [0.05, 0.1) is 0 Å². The van der Waals surface area contributed by atoms with E-state index in [0.717, 1.165) is 5.56 Å². The molecule has 0 saturated heterocycles. The van der Waals surface area contributed by atoms with E-state index in [1.54, 1.807) is 12.1 Å². The van der Waals surface area contributed by atoms with Gasteiger partial charge >= 0.3 is 0 Å². The first-order valence-electron chi connectivity index (χ1n) is 7.12. The largest absolute Gasteiger partial charge is 0.481 e. The minimum Gasteiger partial charge on any atom is -0.481 e. The van der Waals surface area contributed by atoms with Gasteiger partial charge in [-0.05, 0) is 36.6 Å². The molecule has 4 heteroatoms. The first kappa shape index (κ1) is 14.5. The summed E-state index contributed by atoms with van der Waals surface area (Å²) in [5, 5.41) is 3.45. The van der Waals surface area contributed by atoms with E-state index in [0.29, 0.717) is 17.1 Å². The Morgan fingerprint density at radius 1 is 1.19 bits per heavy atom. The molecule has 0 radical (unpaired) electrons. The number of benzene rings is 2. The highest BCUT2D eigenvalue weighted by molar-refractivity contribution is 9.10. The Hall–Kier alpha value is -1.39. The van der Waals surface area contributed by atoms with Crippen LogP contribution in [0, 0.1) is 5.82 Å². The van der Waals surface area contributed by atoms with Gasteiger partial charge in [0.15, 0.2) is 11.6 Å². The quantitative estimate of drug-likeness (QED) is 0.831. The number of hydrogen-bond acceptors (Lipinski definition) is 2. The Bertz CT molecular complexity index is 601. The molecule has 1 atom stereocenters. The van der Waals surface area contributed by atoms with Crippen LogP contribution in [0.5, 0.6) is 5.75 Å². The molecule has 1 N–H and O–H groups in total. The van der Waals surface area contributed by atoms with Crippen LogP contribution in [-0.2, 0) is 0 Å². The average Bonchev–Trinajstić information content (AvgIpc) is 3.31. The first-order chi connectivity index (χ1) is 10.2. The Labute approximate surface area is 132 Å². The third-order valence-electron chi connectivity index (χ3n) is 3.50. The first-order valence-corrected chi connectivity index (χ1v) is 7.92. The molecule has 110 valence electrons. The summed E-state index contributed by atoms with van der Waals surface area (Å²) in [4.78, 5) is 0. The smallest absolute Gasteiger partial charge is 0.166 e. The summed E-state index contributed by atoms with van der Waals surface area (Å²) in [7, 11) is 0. The topological polar surface area (TPSA) is 21.3 Å². The maximum absolute atomic E-state index is 14.0. The molecule has 1 aliphatic carbocycles. The van der Waals surface area contributed by atoms with Crippen molar-refractivity contribution in [3.63, 3.8) is 0 Å². The summed E-state index contributed by atoms with van der Waals surface area (Å²) >= 11 is 3.26. The molecule has 1 saturated carbocycles. The number of rotatable bonds is 6. The van der Waals surface area contributed by atoms with E-state index in [4.69, 9.17) is 4.74 Å². The zero-order chi connectivity index (χ0) is 14.7. The molecule has 3 rings (SSSR count). The SMILES string of the molecule is Fc1cc(Br)ccc1OC(CNC1CC1)c1ccccc1. The fourth-order valence-electron chi connectivity index (χ4n) is 2.18. The molecule has 1 aliphatic rings. The Morgan fingerprint density at radius 2 is 1.95 bits per heavy atom. The van der Waals surface area contributed by atoms with Crippen molar-refractivity contribution in [2.75, 3.05) is 6.54 Å². The van der Waals surface area contributed by atoms with E-state index in [9.17, 15) is 4.39 Å². The minimum atomic E-state index is -0.350. The van der Waals surface area contributed by atoms with Crippen molar-refractivity contribution in [3.8, 4) is 5.75 Å². The van der Waals surface area contributed by atoms with Crippen molar-refractivity contribution in [1.82, 2.24) is 5.32 Å². The lowest BCUT2D eigenvalue weighted by atomic mass is 10.1. The summed E-state index contributed by atoms with van der Waals surface area (Å²) in [6, 6.07) is 15.4. The molecule has 0 heterocycles. The van der Waals surface area contributed by atoms with Crippen molar-refractivity contribution >= 4 is 15.9 Å². The van der Waals surface area contributed by atoms with Gasteiger partial charge in [-0.25, -0.2) is 4.39 Å². The molecule has 0 amide bonds. The molecule has 0 aromatic heterocycles. The predicted octanol–water partition coefficient (Wildman–Crippen LogP) is 4.46. The van der Waals surface area contributed by atoms with Gasteiger partial charge in [0.1, 0.15) is 6.10 Å². The highest BCUT2D eigenvalue weighted by atomic mass is 79.9. The maximum atomic E-state index is 14.0. The maximum Gasteiger partial charge on any atom is 0.166 e. The van der Waals surface area contributed by atoms with E-state index in [2.05, 4.69) is 21.2 Å². The summed E-state index contributed by atoms with van der Waals surface area (Å²) in [6.07, 6.45) is 2.24. The normalized spacial score (nSPS) is 15.7. The van der Waals surface area contributed by atoms with Gasteiger partial charge in [0.2, 0.25) is 0 Å². The van der Waals surface area contributed by atoms with E-state index < -0.39 is 0 Å². The molecule has 0 spiro atoms. The van der Waals surface area contributed by atoms with Crippen LogP contribution in [0.2, 0.25) is 0 Å². The molecule has 2 aromatic carbocycles. The molecule has 1 fully saturated rings. The van der Waals surface area contributed by atoms with Crippen molar-refractivity contribution in [2.45, 2.75) is 25.0 Å². The van der Waals surface area contributed by atoms with Crippen LogP contribution in [0.15, 0.2) is 53.0 Å². The van der Waals surface area contributed by atoms with Crippen LogP contribution < -0.4 is 10.1 Å².